The molecule has 0 amide bonds. The summed E-state index contributed by atoms with van der Waals surface area (Å²) in [6, 6.07) is 3.30. The Morgan fingerprint density at radius 3 is 2.29 bits per heavy atom. The molecule has 1 aromatic rings. The lowest BCUT2D eigenvalue weighted by Crippen LogP contribution is -1.86. The summed E-state index contributed by atoms with van der Waals surface area (Å²) in [6.07, 6.45) is 2.35. The van der Waals surface area contributed by atoms with E-state index in [0.717, 1.165) is 10.5 Å². The quantitative estimate of drug-likeness (QED) is 0.842. The van der Waals surface area contributed by atoms with Crippen molar-refractivity contribution in [3.05, 3.63) is 38.3 Å². The monoisotopic (exact) mass is 294 g/mol. The molecule has 0 unspecified atom stereocenters. The fourth-order valence-electron chi connectivity index (χ4n) is 0.867. The predicted molar refractivity (Wildman–Crippen MR) is 60.8 cm³/mol. The average Bonchev–Trinajstić information content (AvgIpc) is 2.01. The number of hydrogen-bond donors (Lipinski definition) is 1. The van der Waals surface area contributed by atoms with Crippen molar-refractivity contribution in [2.24, 2.45) is 0 Å². The maximum atomic E-state index is 10.3. The van der Waals surface area contributed by atoms with E-state index >= 15 is 0 Å². The van der Waals surface area contributed by atoms with Gasteiger partial charge >= 0.3 is 5.97 Å². The molecule has 0 spiro atoms. The second kappa shape index (κ2) is 4.82. The lowest BCUT2D eigenvalue weighted by molar-refractivity contribution is -0.131. The molecule has 0 saturated heterocycles. The van der Waals surface area contributed by atoms with Crippen molar-refractivity contribution in [3.8, 4) is 0 Å². The summed E-state index contributed by atoms with van der Waals surface area (Å²) in [6.45, 7) is 0. The molecule has 0 saturated carbocycles. The van der Waals surface area contributed by atoms with Gasteiger partial charge in [-0.1, -0.05) is 39.1 Å². The van der Waals surface area contributed by atoms with Crippen molar-refractivity contribution in [2.75, 3.05) is 0 Å². The van der Waals surface area contributed by atoms with Gasteiger partial charge in [0.25, 0.3) is 0 Å². The molecule has 0 fully saturated rings. The van der Waals surface area contributed by atoms with E-state index in [1.165, 1.54) is 6.08 Å². The Kier molecular flexibility index (Phi) is 3.98. The van der Waals surface area contributed by atoms with E-state index in [4.69, 9.17) is 28.3 Å². The minimum absolute atomic E-state index is 0.405. The van der Waals surface area contributed by atoms with Crippen LogP contribution in [-0.2, 0) is 4.79 Å². The molecule has 74 valence electrons. The van der Waals surface area contributed by atoms with E-state index in [0.29, 0.717) is 15.6 Å². The summed E-state index contributed by atoms with van der Waals surface area (Å²) in [5, 5.41) is 9.24. The van der Waals surface area contributed by atoms with Crippen molar-refractivity contribution in [1.29, 1.82) is 0 Å². The van der Waals surface area contributed by atoms with Gasteiger partial charge in [0.1, 0.15) is 0 Å². The van der Waals surface area contributed by atoms with Gasteiger partial charge in [0.2, 0.25) is 0 Å². The van der Waals surface area contributed by atoms with Crippen LogP contribution in [0.15, 0.2) is 22.7 Å². The van der Waals surface area contributed by atoms with Gasteiger partial charge in [0, 0.05) is 16.1 Å². The van der Waals surface area contributed by atoms with Crippen molar-refractivity contribution in [3.63, 3.8) is 0 Å². The third-order valence-corrected chi connectivity index (χ3v) is 2.52. The number of carbonyl (C=O) groups is 1. The Hall–Kier alpha value is -0.510. The Bertz CT molecular complexity index is 379. The number of carboxylic acids is 1. The van der Waals surface area contributed by atoms with Crippen LogP contribution in [0.3, 0.4) is 0 Å². The molecule has 1 N–H and O–H groups in total. The maximum Gasteiger partial charge on any atom is 0.328 e. The third kappa shape index (κ3) is 3.01. The Labute approximate surface area is 99.3 Å². The van der Waals surface area contributed by atoms with Crippen LogP contribution in [0.2, 0.25) is 10.0 Å². The van der Waals surface area contributed by atoms with E-state index in [1.54, 1.807) is 12.1 Å². The molecule has 5 heteroatoms. The van der Waals surface area contributed by atoms with Crippen LogP contribution in [0.1, 0.15) is 5.56 Å². The highest BCUT2D eigenvalue weighted by Crippen LogP contribution is 2.30. The molecule has 0 aliphatic rings. The largest absolute Gasteiger partial charge is 0.478 e. The number of aliphatic carboxylic acids is 1. The molecule has 1 aromatic carbocycles. The molecule has 0 aromatic heterocycles. The molecule has 0 bridgehead atoms. The molecule has 0 atom stereocenters. The second-order valence-electron chi connectivity index (χ2n) is 2.45. The molecule has 14 heavy (non-hydrogen) atoms. The molecule has 0 aliphatic heterocycles. The molecule has 1 rings (SSSR count). The molecular formula is C9H5BrCl2O2. The van der Waals surface area contributed by atoms with Crippen LogP contribution in [0.5, 0.6) is 0 Å². The van der Waals surface area contributed by atoms with E-state index in [-0.39, 0.29) is 0 Å². The van der Waals surface area contributed by atoms with E-state index in [9.17, 15) is 4.79 Å². The van der Waals surface area contributed by atoms with Gasteiger partial charge in [-0.3, -0.25) is 0 Å². The third-order valence-electron chi connectivity index (χ3n) is 1.44. The van der Waals surface area contributed by atoms with Gasteiger partial charge in [-0.2, -0.15) is 0 Å². The summed E-state index contributed by atoms with van der Waals surface area (Å²) in [7, 11) is 0. The summed E-state index contributed by atoms with van der Waals surface area (Å²) in [5.74, 6) is -1.04. The maximum absolute atomic E-state index is 10.3. The van der Waals surface area contributed by atoms with Crippen molar-refractivity contribution < 1.29 is 9.90 Å². The normalized spacial score (nSPS) is 10.8. The number of benzene rings is 1. The fraction of sp³-hybridized carbons (Fsp3) is 0. The van der Waals surface area contributed by atoms with Crippen LogP contribution < -0.4 is 0 Å². The number of hydrogen-bond acceptors (Lipinski definition) is 1. The minimum Gasteiger partial charge on any atom is -0.478 e. The van der Waals surface area contributed by atoms with Crippen LogP contribution in [0.25, 0.3) is 6.08 Å². The number of halogens is 3. The summed E-state index contributed by atoms with van der Waals surface area (Å²) < 4.78 is 0.750. The van der Waals surface area contributed by atoms with Crippen molar-refractivity contribution in [1.82, 2.24) is 0 Å². The topological polar surface area (TPSA) is 37.3 Å². The molecule has 0 radical (unpaired) electrons. The summed E-state index contributed by atoms with van der Waals surface area (Å²) in [5.41, 5.74) is 0.499. The molecule has 0 aliphatic carbocycles. The first-order valence-corrected chi connectivity index (χ1v) is 5.11. The minimum atomic E-state index is -1.04. The summed E-state index contributed by atoms with van der Waals surface area (Å²) in [4.78, 5) is 10.3. The van der Waals surface area contributed by atoms with Crippen LogP contribution >= 0.6 is 39.1 Å². The fourth-order valence-corrected chi connectivity index (χ4v) is 2.20. The van der Waals surface area contributed by atoms with Crippen LogP contribution in [0, 0.1) is 0 Å². The van der Waals surface area contributed by atoms with Gasteiger partial charge in [-0.15, -0.1) is 0 Å². The highest BCUT2D eigenvalue weighted by Gasteiger charge is 2.04. The van der Waals surface area contributed by atoms with Gasteiger partial charge in [0.15, 0.2) is 0 Å². The molecular weight excluding hydrogens is 291 g/mol. The first kappa shape index (κ1) is 11.6. The SMILES string of the molecule is O=C(O)/C=C/c1c(Cl)cc(Br)cc1Cl. The zero-order valence-corrected chi connectivity index (χ0v) is 9.90. The lowest BCUT2D eigenvalue weighted by atomic mass is 10.2. The Morgan fingerprint density at radius 1 is 1.36 bits per heavy atom. The van der Waals surface area contributed by atoms with Crippen molar-refractivity contribution in [2.45, 2.75) is 0 Å². The standard InChI is InChI=1S/C9H5BrCl2O2/c10-5-3-7(11)6(8(12)4-5)1-2-9(13)14/h1-4H,(H,13,14)/b2-1+. The average molecular weight is 296 g/mol. The molecule has 0 heterocycles. The van der Waals surface area contributed by atoms with E-state index in [1.807, 2.05) is 0 Å². The number of carboxylic acid groups (broad SMARTS) is 1. The van der Waals surface area contributed by atoms with E-state index in [2.05, 4.69) is 15.9 Å². The zero-order chi connectivity index (χ0) is 10.7. The van der Waals surface area contributed by atoms with E-state index < -0.39 is 5.97 Å². The zero-order valence-electron chi connectivity index (χ0n) is 6.80. The van der Waals surface area contributed by atoms with Gasteiger partial charge in [-0.25, -0.2) is 4.79 Å². The summed E-state index contributed by atoms with van der Waals surface area (Å²) >= 11 is 14.9. The lowest BCUT2D eigenvalue weighted by Gasteiger charge is -2.01. The Morgan fingerprint density at radius 2 is 1.86 bits per heavy atom. The van der Waals surface area contributed by atoms with Gasteiger partial charge in [0.05, 0.1) is 10.0 Å². The number of rotatable bonds is 2. The highest BCUT2D eigenvalue weighted by molar-refractivity contribution is 9.10. The smallest absolute Gasteiger partial charge is 0.328 e. The van der Waals surface area contributed by atoms with Gasteiger partial charge in [-0.05, 0) is 18.2 Å². The van der Waals surface area contributed by atoms with Crippen molar-refractivity contribution >= 4 is 51.2 Å². The van der Waals surface area contributed by atoms with Gasteiger partial charge < -0.3 is 5.11 Å². The predicted octanol–water partition coefficient (Wildman–Crippen LogP) is 3.85. The highest BCUT2D eigenvalue weighted by atomic mass is 79.9. The Balaban J connectivity index is 3.15. The first-order valence-electron chi connectivity index (χ1n) is 3.56. The van der Waals surface area contributed by atoms with Crippen LogP contribution in [-0.4, -0.2) is 11.1 Å². The first-order chi connectivity index (χ1) is 6.50. The second-order valence-corrected chi connectivity index (χ2v) is 4.18. The molecule has 2 nitrogen and oxygen atoms in total. The van der Waals surface area contributed by atoms with Crippen LogP contribution in [0.4, 0.5) is 0 Å².